The third kappa shape index (κ3) is 2.87. The number of carboxylic acids is 1. The average Bonchev–Trinajstić information content (AvgIpc) is 2.47. The zero-order valence-electron chi connectivity index (χ0n) is 7.57. The highest BCUT2D eigenvalue weighted by Crippen LogP contribution is 2.00. The standard InChI is InChI=1S/C8H12N2O3/c1-5-3-10-7(13-5)4-9-6(2)8(11)12/h3,6,9H,4H2,1-2H3,(H,11,12). The molecular weight excluding hydrogens is 172 g/mol. The second kappa shape index (κ2) is 4.04. The molecule has 0 saturated heterocycles. The topological polar surface area (TPSA) is 75.4 Å². The van der Waals surface area contributed by atoms with E-state index in [4.69, 9.17) is 9.52 Å². The molecule has 72 valence electrons. The molecule has 2 N–H and O–H groups in total. The zero-order valence-corrected chi connectivity index (χ0v) is 7.57. The van der Waals surface area contributed by atoms with Crippen LogP contribution >= 0.6 is 0 Å². The fourth-order valence-electron chi connectivity index (χ4n) is 0.811. The molecule has 1 atom stereocenters. The summed E-state index contributed by atoms with van der Waals surface area (Å²) in [6.45, 7) is 3.69. The van der Waals surface area contributed by atoms with Gasteiger partial charge in [0.2, 0.25) is 5.89 Å². The van der Waals surface area contributed by atoms with Crippen molar-refractivity contribution in [3.63, 3.8) is 0 Å². The van der Waals surface area contributed by atoms with Crippen molar-refractivity contribution in [1.29, 1.82) is 0 Å². The molecule has 0 spiro atoms. The van der Waals surface area contributed by atoms with Crippen LogP contribution in [0.5, 0.6) is 0 Å². The first-order chi connectivity index (χ1) is 6.09. The summed E-state index contributed by atoms with van der Waals surface area (Å²) in [5.41, 5.74) is 0. The fourth-order valence-corrected chi connectivity index (χ4v) is 0.811. The Labute approximate surface area is 75.8 Å². The number of carboxylic acid groups (broad SMARTS) is 1. The summed E-state index contributed by atoms with van der Waals surface area (Å²) < 4.78 is 5.15. The van der Waals surface area contributed by atoms with Gasteiger partial charge in [0.25, 0.3) is 0 Å². The number of aromatic nitrogens is 1. The average molecular weight is 184 g/mol. The summed E-state index contributed by atoms with van der Waals surface area (Å²) in [6.07, 6.45) is 1.60. The van der Waals surface area contributed by atoms with Gasteiger partial charge in [-0.15, -0.1) is 0 Å². The lowest BCUT2D eigenvalue weighted by Gasteiger charge is -2.05. The predicted octanol–water partition coefficient (Wildman–Crippen LogP) is 0.546. The molecule has 0 bridgehead atoms. The highest BCUT2D eigenvalue weighted by atomic mass is 16.4. The first-order valence-corrected chi connectivity index (χ1v) is 3.97. The molecule has 1 rings (SSSR count). The number of hydrogen-bond donors (Lipinski definition) is 2. The molecule has 1 unspecified atom stereocenters. The van der Waals surface area contributed by atoms with Crippen LogP contribution in [-0.2, 0) is 11.3 Å². The Morgan fingerprint density at radius 3 is 3.00 bits per heavy atom. The van der Waals surface area contributed by atoms with Crippen LogP contribution in [0.1, 0.15) is 18.6 Å². The maximum Gasteiger partial charge on any atom is 0.320 e. The van der Waals surface area contributed by atoms with E-state index in [1.807, 2.05) is 0 Å². The van der Waals surface area contributed by atoms with Gasteiger partial charge in [0, 0.05) is 0 Å². The van der Waals surface area contributed by atoms with Crippen LogP contribution in [0.15, 0.2) is 10.6 Å². The van der Waals surface area contributed by atoms with Crippen LogP contribution in [0.3, 0.4) is 0 Å². The molecule has 5 heteroatoms. The van der Waals surface area contributed by atoms with Crippen molar-refractivity contribution in [2.45, 2.75) is 26.4 Å². The van der Waals surface area contributed by atoms with Crippen LogP contribution in [-0.4, -0.2) is 22.1 Å². The van der Waals surface area contributed by atoms with E-state index in [1.165, 1.54) is 0 Å². The third-order valence-corrected chi connectivity index (χ3v) is 1.60. The Morgan fingerprint density at radius 1 is 1.85 bits per heavy atom. The summed E-state index contributed by atoms with van der Waals surface area (Å²) in [5, 5.41) is 11.3. The summed E-state index contributed by atoms with van der Waals surface area (Å²) in [6, 6.07) is -0.591. The molecule has 1 aromatic heterocycles. The lowest BCUT2D eigenvalue weighted by molar-refractivity contribution is -0.139. The maximum atomic E-state index is 10.4. The first kappa shape index (κ1) is 9.73. The summed E-state index contributed by atoms with van der Waals surface area (Å²) in [5.74, 6) is 0.341. The molecule has 1 heterocycles. The zero-order chi connectivity index (χ0) is 9.84. The number of aliphatic carboxylic acids is 1. The summed E-state index contributed by atoms with van der Waals surface area (Å²) >= 11 is 0. The van der Waals surface area contributed by atoms with Gasteiger partial charge in [-0.3, -0.25) is 10.1 Å². The number of carbonyl (C=O) groups is 1. The summed E-state index contributed by atoms with van der Waals surface area (Å²) in [7, 11) is 0. The molecule has 5 nitrogen and oxygen atoms in total. The minimum Gasteiger partial charge on any atom is -0.480 e. The predicted molar refractivity (Wildman–Crippen MR) is 45.2 cm³/mol. The number of hydrogen-bond acceptors (Lipinski definition) is 4. The van der Waals surface area contributed by atoms with Crippen molar-refractivity contribution in [3.8, 4) is 0 Å². The lowest BCUT2D eigenvalue weighted by Crippen LogP contribution is -2.33. The fraction of sp³-hybridized carbons (Fsp3) is 0.500. The Bertz CT molecular complexity index is 295. The van der Waals surface area contributed by atoms with Crippen molar-refractivity contribution in [2.24, 2.45) is 0 Å². The Kier molecular flexibility index (Phi) is 3.02. The monoisotopic (exact) mass is 184 g/mol. The largest absolute Gasteiger partial charge is 0.480 e. The SMILES string of the molecule is Cc1cnc(CNC(C)C(=O)O)o1. The van der Waals surface area contributed by atoms with E-state index in [0.29, 0.717) is 12.4 Å². The molecular formula is C8H12N2O3. The van der Waals surface area contributed by atoms with Gasteiger partial charge in [-0.05, 0) is 13.8 Å². The molecule has 0 aliphatic rings. The maximum absolute atomic E-state index is 10.4. The number of oxazole rings is 1. The Morgan fingerprint density at radius 2 is 2.54 bits per heavy atom. The number of nitrogens with zero attached hydrogens (tertiary/aromatic N) is 1. The van der Waals surface area contributed by atoms with Gasteiger partial charge in [0.1, 0.15) is 11.8 Å². The van der Waals surface area contributed by atoms with Crippen molar-refractivity contribution >= 4 is 5.97 Å². The van der Waals surface area contributed by atoms with Gasteiger partial charge in [-0.1, -0.05) is 0 Å². The van der Waals surface area contributed by atoms with Crippen molar-refractivity contribution in [1.82, 2.24) is 10.3 Å². The highest BCUT2D eigenvalue weighted by Gasteiger charge is 2.10. The molecule has 0 saturated carbocycles. The molecule has 0 amide bonds. The second-order valence-electron chi connectivity index (χ2n) is 2.81. The van der Waals surface area contributed by atoms with E-state index in [-0.39, 0.29) is 0 Å². The number of aryl methyl sites for hydroxylation is 1. The molecule has 1 aromatic rings. The molecule has 0 aliphatic carbocycles. The van der Waals surface area contributed by atoms with Crippen LogP contribution in [0.4, 0.5) is 0 Å². The van der Waals surface area contributed by atoms with Crippen molar-refractivity contribution in [2.75, 3.05) is 0 Å². The van der Waals surface area contributed by atoms with E-state index < -0.39 is 12.0 Å². The van der Waals surface area contributed by atoms with Crippen molar-refractivity contribution in [3.05, 3.63) is 17.8 Å². The smallest absolute Gasteiger partial charge is 0.320 e. The van der Waals surface area contributed by atoms with Crippen LogP contribution < -0.4 is 5.32 Å². The van der Waals surface area contributed by atoms with Gasteiger partial charge in [0.05, 0.1) is 12.7 Å². The van der Waals surface area contributed by atoms with E-state index in [9.17, 15) is 4.79 Å². The van der Waals surface area contributed by atoms with Crippen molar-refractivity contribution < 1.29 is 14.3 Å². The van der Waals surface area contributed by atoms with E-state index in [2.05, 4.69) is 10.3 Å². The highest BCUT2D eigenvalue weighted by molar-refractivity contribution is 5.72. The normalized spacial score (nSPS) is 12.8. The van der Waals surface area contributed by atoms with E-state index in [0.717, 1.165) is 5.76 Å². The second-order valence-corrected chi connectivity index (χ2v) is 2.81. The molecule has 0 aromatic carbocycles. The van der Waals surface area contributed by atoms with Crippen LogP contribution in [0.2, 0.25) is 0 Å². The van der Waals surface area contributed by atoms with Gasteiger partial charge >= 0.3 is 5.97 Å². The lowest BCUT2D eigenvalue weighted by atomic mass is 10.3. The minimum absolute atomic E-state index is 0.335. The molecule has 0 radical (unpaired) electrons. The van der Waals surface area contributed by atoms with Gasteiger partial charge in [-0.25, -0.2) is 4.98 Å². The Hall–Kier alpha value is -1.36. The molecule has 13 heavy (non-hydrogen) atoms. The number of nitrogens with one attached hydrogen (secondary N) is 1. The van der Waals surface area contributed by atoms with Gasteiger partial charge in [0.15, 0.2) is 0 Å². The van der Waals surface area contributed by atoms with Crippen LogP contribution in [0, 0.1) is 6.92 Å². The third-order valence-electron chi connectivity index (χ3n) is 1.60. The van der Waals surface area contributed by atoms with Crippen LogP contribution in [0.25, 0.3) is 0 Å². The molecule has 0 aliphatic heterocycles. The molecule has 0 fully saturated rings. The first-order valence-electron chi connectivity index (χ1n) is 3.97. The van der Waals surface area contributed by atoms with E-state index >= 15 is 0 Å². The Balaban J connectivity index is 2.39. The van der Waals surface area contributed by atoms with Gasteiger partial charge in [-0.2, -0.15) is 0 Å². The summed E-state index contributed by atoms with van der Waals surface area (Å²) in [4.78, 5) is 14.3. The van der Waals surface area contributed by atoms with Gasteiger partial charge < -0.3 is 9.52 Å². The van der Waals surface area contributed by atoms with E-state index in [1.54, 1.807) is 20.0 Å². The minimum atomic E-state index is -0.886. The number of rotatable bonds is 4. The quantitative estimate of drug-likeness (QED) is 0.714.